The van der Waals surface area contributed by atoms with Gasteiger partial charge in [0, 0.05) is 17.8 Å². The number of hydrogen-bond donors (Lipinski definition) is 1. The van der Waals surface area contributed by atoms with E-state index in [-0.39, 0.29) is 18.1 Å². The standard InChI is InChI=1S/C28H25N3O5S/c1-33-19-11-12-21(24(16-19)34-2)31-26(25(30-28(31)37)20-6-4-5-15-29-20)23-14-13-22(36-23)17-7-9-18(10-8-17)27(32)35-3/h4-16,25-26H,1-3H3,(H,30,37)/t25-,26+/m0/s1. The van der Waals surface area contributed by atoms with E-state index in [9.17, 15) is 4.79 Å². The maximum atomic E-state index is 11.8. The zero-order valence-electron chi connectivity index (χ0n) is 20.5. The molecule has 188 valence electrons. The number of benzene rings is 2. The summed E-state index contributed by atoms with van der Waals surface area (Å²) < 4.78 is 22.3. The van der Waals surface area contributed by atoms with Crippen molar-refractivity contribution in [3.63, 3.8) is 0 Å². The molecule has 1 fully saturated rings. The van der Waals surface area contributed by atoms with Gasteiger partial charge in [-0.05, 0) is 60.7 Å². The van der Waals surface area contributed by atoms with Crippen molar-refractivity contribution in [2.24, 2.45) is 0 Å². The Kier molecular flexibility index (Phi) is 6.78. The Balaban J connectivity index is 1.57. The molecule has 37 heavy (non-hydrogen) atoms. The van der Waals surface area contributed by atoms with Crippen molar-refractivity contribution in [1.82, 2.24) is 10.3 Å². The van der Waals surface area contributed by atoms with Crippen LogP contribution in [-0.2, 0) is 4.74 Å². The molecule has 0 saturated carbocycles. The summed E-state index contributed by atoms with van der Waals surface area (Å²) in [7, 11) is 4.58. The maximum absolute atomic E-state index is 11.8. The van der Waals surface area contributed by atoms with Crippen molar-refractivity contribution in [2.75, 3.05) is 26.2 Å². The SMILES string of the molecule is COC(=O)c1ccc(-c2ccc([C@@H]3[C@H](c4ccccn4)NC(=S)N3c3ccc(OC)cc3OC)o2)cc1. The summed E-state index contributed by atoms with van der Waals surface area (Å²) in [6.07, 6.45) is 1.75. The Bertz CT molecular complexity index is 1420. The van der Waals surface area contributed by atoms with E-state index in [2.05, 4.69) is 10.3 Å². The number of thiocarbonyl (C=S) groups is 1. The molecular weight excluding hydrogens is 490 g/mol. The van der Waals surface area contributed by atoms with Gasteiger partial charge in [-0.25, -0.2) is 4.79 Å². The van der Waals surface area contributed by atoms with E-state index < -0.39 is 0 Å². The molecule has 5 rings (SSSR count). The van der Waals surface area contributed by atoms with E-state index in [0.717, 1.165) is 16.9 Å². The van der Waals surface area contributed by atoms with Crippen molar-refractivity contribution in [2.45, 2.75) is 12.1 Å². The average molecular weight is 516 g/mol. The van der Waals surface area contributed by atoms with Gasteiger partial charge < -0.3 is 28.8 Å². The van der Waals surface area contributed by atoms with Crippen molar-refractivity contribution < 1.29 is 23.4 Å². The molecule has 8 nitrogen and oxygen atoms in total. The Labute approximate surface area is 219 Å². The minimum atomic E-state index is -0.389. The van der Waals surface area contributed by atoms with E-state index in [1.807, 2.05) is 65.6 Å². The number of anilines is 1. The molecule has 2 aromatic heterocycles. The van der Waals surface area contributed by atoms with Crippen LogP contribution >= 0.6 is 12.2 Å². The van der Waals surface area contributed by atoms with E-state index in [0.29, 0.717) is 33.7 Å². The third-order valence-corrected chi connectivity index (χ3v) is 6.57. The predicted molar refractivity (Wildman–Crippen MR) is 143 cm³/mol. The fourth-order valence-electron chi connectivity index (χ4n) is 4.44. The second kappa shape index (κ2) is 10.3. The van der Waals surface area contributed by atoms with Crippen LogP contribution in [0.5, 0.6) is 11.5 Å². The summed E-state index contributed by atoms with van der Waals surface area (Å²) >= 11 is 5.81. The molecule has 2 aromatic carbocycles. The molecule has 0 spiro atoms. The Morgan fingerprint density at radius 2 is 1.81 bits per heavy atom. The lowest BCUT2D eigenvalue weighted by atomic mass is 10.0. The third-order valence-electron chi connectivity index (χ3n) is 6.25. The van der Waals surface area contributed by atoms with Gasteiger partial charge in [-0.15, -0.1) is 0 Å². The molecule has 1 saturated heterocycles. The summed E-state index contributed by atoms with van der Waals surface area (Å²) in [4.78, 5) is 18.4. The lowest BCUT2D eigenvalue weighted by Crippen LogP contribution is -2.29. The normalized spacial score (nSPS) is 16.8. The zero-order chi connectivity index (χ0) is 25.9. The van der Waals surface area contributed by atoms with Crippen molar-refractivity contribution in [1.29, 1.82) is 0 Å². The van der Waals surface area contributed by atoms with Crippen LogP contribution in [0.25, 0.3) is 11.3 Å². The van der Waals surface area contributed by atoms with Crippen LogP contribution < -0.4 is 19.7 Å². The number of rotatable bonds is 7. The van der Waals surface area contributed by atoms with Gasteiger partial charge in [0.15, 0.2) is 5.11 Å². The number of aromatic nitrogens is 1. The molecule has 9 heteroatoms. The van der Waals surface area contributed by atoms with Gasteiger partial charge in [0.2, 0.25) is 0 Å². The number of furan rings is 1. The first-order valence-corrected chi connectivity index (χ1v) is 12.0. The van der Waals surface area contributed by atoms with Gasteiger partial charge >= 0.3 is 5.97 Å². The molecular formula is C28H25N3O5S. The first-order chi connectivity index (χ1) is 18.0. The monoisotopic (exact) mass is 515 g/mol. The number of carbonyl (C=O) groups excluding carboxylic acids is 1. The van der Waals surface area contributed by atoms with Gasteiger partial charge in [-0.1, -0.05) is 18.2 Å². The van der Waals surface area contributed by atoms with Crippen molar-refractivity contribution in [3.8, 4) is 22.8 Å². The van der Waals surface area contributed by atoms with Crippen molar-refractivity contribution in [3.05, 3.63) is 96.0 Å². The first kappa shape index (κ1) is 24.3. The number of methoxy groups -OCH3 is 3. The Morgan fingerprint density at radius 3 is 2.49 bits per heavy atom. The van der Waals surface area contributed by atoms with Gasteiger partial charge in [-0.3, -0.25) is 4.98 Å². The van der Waals surface area contributed by atoms with Crippen LogP contribution in [0.4, 0.5) is 5.69 Å². The van der Waals surface area contributed by atoms with Crippen LogP contribution in [0.15, 0.2) is 83.4 Å². The van der Waals surface area contributed by atoms with Gasteiger partial charge in [0.1, 0.15) is 29.1 Å². The molecule has 0 aliphatic carbocycles. The van der Waals surface area contributed by atoms with Gasteiger partial charge in [0.25, 0.3) is 0 Å². The fourth-order valence-corrected chi connectivity index (χ4v) is 4.78. The lowest BCUT2D eigenvalue weighted by Gasteiger charge is -2.27. The number of carbonyl (C=O) groups is 1. The minimum absolute atomic E-state index is 0.277. The lowest BCUT2D eigenvalue weighted by molar-refractivity contribution is 0.0600. The highest BCUT2D eigenvalue weighted by atomic mass is 32.1. The Morgan fingerprint density at radius 1 is 1.00 bits per heavy atom. The van der Waals surface area contributed by atoms with Crippen LogP contribution in [0, 0.1) is 0 Å². The predicted octanol–water partition coefficient (Wildman–Crippen LogP) is 5.32. The zero-order valence-corrected chi connectivity index (χ0v) is 21.3. The molecule has 0 amide bonds. The first-order valence-electron chi connectivity index (χ1n) is 11.5. The minimum Gasteiger partial charge on any atom is -0.497 e. The number of hydrogen-bond acceptors (Lipinski definition) is 7. The molecule has 0 radical (unpaired) electrons. The quantitative estimate of drug-likeness (QED) is 0.259. The van der Waals surface area contributed by atoms with Crippen LogP contribution in [0.2, 0.25) is 0 Å². The molecule has 1 N–H and O–H groups in total. The van der Waals surface area contributed by atoms with E-state index in [4.69, 9.17) is 30.8 Å². The smallest absolute Gasteiger partial charge is 0.337 e. The molecule has 0 unspecified atom stereocenters. The molecule has 1 aliphatic rings. The molecule has 2 atom stereocenters. The number of nitrogens with one attached hydrogen (secondary N) is 1. The van der Waals surface area contributed by atoms with Gasteiger partial charge in [-0.2, -0.15) is 0 Å². The van der Waals surface area contributed by atoms with E-state index >= 15 is 0 Å². The third kappa shape index (κ3) is 4.61. The highest BCUT2D eigenvalue weighted by molar-refractivity contribution is 7.80. The highest BCUT2D eigenvalue weighted by Gasteiger charge is 2.43. The molecule has 0 bridgehead atoms. The van der Waals surface area contributed by atoms with Crippen LogP contribution in [-0.4, -0.2) is 37.4 Å². The second-order valence-corrected chi connectivity index (χ2v) is 8.69. The van der Waals surface area contributed by atoms with Gasteiger partial charge in [0.05, 0.1) is 44.3 Å². The number of pyridine rings is 1. The Hall–Kier alpha value is -4.37. The van der Waals surface area contributed by atoms with Crippen LogP contribution in [0.1, 0.15) is 33.9 Å². The fraction of sp³-hybridized carbons (Fsp3) is 0.179. The summed E-state index contributed by atoms with van der Waals surface area (Å²) in [5, 5.41) is 3.94. The average Bonchev–Trinajstić information content (AvgIpc) is 3.57. The van der Waals surface area contributed by atoms with Crippen molar-refractivity contribution >= 4 is 29.0 Å². The van der Waals surface area contributed by atoms with E-state index in [1.165, 1.54) is 7.11 Å². The summed E-state index contributed by atoms with van der Waals surface area (Å²) in [5.41, 5.74) is 2.89. The second-order valence-electron chi connectivity index (χ2n) is 8.31. The molecule has 3 heterocycles. The summed E-state index contributed by atoms with van der Waals surface area (Å²) in [6, 6.07) is 21.6. The summed E-state index contributed by atoms with van der Waals surface area (Å²) in [5.74, 6) is 2.24. The number of nitrogens with zero attached hydrogens (tertiary/aromatic N) is 2. The molecule has 1 aliphatic heterocycles. The number of ether oxygens (including phenoxy) is 3. The number of esters is 1. The topological polar surface area (TPSA) is 86.1 Å². The molecule has 4 aromatic rings. The highest BCUT2D eigenvalue weighted by Crippen LogP contribution is 2.46. The largest absolute Gasteiger partial charge is 0.497 e. The maximum Gasteiger partial charge on any atom is 0.337 e. The summed E-state index contributed by atoms with van der Waals surface area (Å²) in [6.45, 7) is 0. The van der Waals surface area contributed by atoms with Crippen LogP contribution in [0.3, 0.4) is 0 Å². The van der Waals surface area contributed by atoms with E-state index in [1.54, 1.807) is 32.5 Å².